The molecule has 1 N–H and O–H groups in total. The molecule has 3 aromatic carbocycles. The Hall–Kier alpha value is -3.92. The number of nitrogens with one attached hydrogen (secondary N) is 1. The van der Waals surface area contributed by atoms with Crippen molar-refractivity contribution in [1.82, 2.24) is 14.6 Å². The second kappa shape index (κ2) is 7.24. The third kappa shape index (κ3) is 3.25. The van der Waals surface area contributed by atoms with Gasteiger partial charge in [-0.15, -0.1) is 0 Å². The number of benzene rings is 3. The highest BCUT2D eigenvalue weighted by atomic mass is 16.1. The third-order valence-corrected chi connectivity index (χ3v) is 5.05. The van der Waals surface area contributed by atoms with Gasteiger partial charge >= 0.3 is 0 Å². The predicted octanol–water partition coefficient (Wildman–Crippen LogP) is 4.95. The summed E-state index contributed by atoms with van der Waals surface area (Å²) in [6, 6.07) is 31.7. The van der Waals surface area contributed by atoms with Gasteiger partial charge in [-0.25, -0.2) is 9.50 Å². The van der Waals surface area contributed by atoms with Crippen molar-refractivity contribution in [3.05, 3.63) is 119 Å². The molecule has 0 spiro atoms. The van der Waals surface area contributed by atoms with E-state index in [1.165, 1.54) is 5.56 Å². The molecule has 0 atom stereocenters. The Morgan fingerprint density at radius 1 is 0.759 bits per heavy atom. The summed E-state index contributed by atoms with van der Waals surface area (Å²) in [7, 11) is 0. The standard InChI is InChI=1S/C25H19N3O/c29-23-17-21(19-12-6-2-7-13-19)26-25-24(20-14-8-3-9-15-20)22(27-28(23)25)16-18-10-4-1-5-11-18/h1-15,17,27H,16H2. The van der Waals surface area contributed by atoms with Gasteiger partial charge in [-0.3, -0.25) is 9.89 Å². The van der Waals surface area contributed by atoms with Gasteiger partial charge in [0.05, 0.1) is 5.69 Å². The average Bonchev–Trinajstić information content (AvgIpc) is 3.14. The van der Waals surface area contributed by atoms with Gasteiger partial charge in [0.2, 0.25) is 0 Å². The number of hydrogen-bond donors (Lipinski definition) is 1. The zero-order valence-corrected chi connectivity index (χ0v) is 15.7. The Morgan fingerprint density at radius 2 is 1.34 bits per heavy atom. The van der Waals surface area contributed by atoms with Crippen LogP contribution in [0.15, 0.2) is 102 Å². The molecule has 0 saturated carbocycles. The van der Waals surface area contributed by atoms with Gasteiger partial charge in [0.1, 0.15) is 0 Å². The molecule has 0 unspecified atom stereocenters. The lowest BCUT2D eigenvalue weighted by Crippen LogP contribution is -2.14. The van der Waals surface area contributed by atoms with E-state index in [0.717, 1.165) is 22.4 Å². The van der Waals surface area contributed by atoms with E-state index < -0.39 is 0 Å². The van der Waals surface area contributed by atoms with Crippen LogP contribution >= 0.6 is 0 Å². The van der Waals surface area contributed by atoms with Crippen molar-refractivity contribution in [2.75, 3.05) is 0 Å². The van der Waals surface area contributed by atoms with Crippen LogP contribution in [-0.2, 0) is 6.42 Å². The summed E-state index contributed by atoms with van der Waals surface area (Å²) in [4.78, 5) is 17.8. The highest BCUT2D eigenvalue weighted by Crippen LogP contribution is 2.29. The Kier molecular flexibility index (Phi) is 4.30. The van der Waals surface area contributed by atoms with Crippen LogP contribution in [0.2, 0.25) is 0 Å². The van der Waals surface area contributed by atoms with Crippen LogP contribution in [0.25, 0.3) is 28.0 Å². The minimum Gasteiger partial charge on any atom is -0.293 e. The summed E-state index contributed by atoms with van der Waals surface area (Å²) < 4.78 is 1.55. The minimum atomic E-state index is -0.120. The van der Waals surface area contributed by atoms with Gasteiger partial charge < -0.3 is 0 Å². The molecule has 140 valence electrons. The van der Waals surface area contributed by atoms with Gasteiger partial charge in [-0.2, -0.15) is 0 Å². The number of rotatable bonds is 4. The molecular weight excluding hydrogens is 358 g/mol. The molecule has 0 aliphatic carbocycles. The van der Waals surface area contributed by atoms with Gasteiger partial charge in [0.15, 0.2) is 5.65 Å². The summed E-state index contributed by atoms with van der Waals surface area (Å²) in [6.07, 6.45) is 0.689. The molecule has 29 heavy (non-hydrogen) atoms. The molecule has 4 heteroatoms. The molecule has 5 rings (SSSR count). The van der Waals surface area contributed by atoms with E-state index in [-0.39, 0.29) is 5.56 Å². The number of nitrogens with zero attached hydrogens (tertiary/aromatic N) is 2. The Labute approximate surface area is 168 Å². The van der Waals surface area contributed by atoms with Gasteiger partial charge in [0, 0.05) is 29.3 Å². The first-order valence-electron chi connectivity index (χ1n) is 9.59. The lowest BCUT2D eigenvalue weighted by atomic mass is 10.0. The first-order chi connectivity index (χ1) is 14.3. The highest BCUT2D eigenvalue weighted by molar-refractivity contribution is 5.81. The van der Waals surface area contributed by atoms with Gasteiger partial charge in [-0.05, 0) is 11.1 Å². The SMILES string of the molecule is O=c1cc(-c2ccccc2)nc2c(-c3ccccc3)c(Cc3ccccc3)[nH]n12. The average molecular weight is 377 g/mol. The van der Waals surface area contributed by atoms with E-state index in [9.17, 15) is 4.79 Å². The highest BCUT2D eigenvalue weighted by Gasteiger charge is 2.17. The summed E-state index contributed by atoms with van der Waals surface area (Å²) in [5.41, 5.74) is 6.28. The van der Waals surface area contributed by atoms with Crippen molar-refractivity contribution in [1.29, 1.82) is 0 Å². The van der Waals surface area contributed by atoms with Crippen LogP contribution < -0.4 is 5.56 Å². The van der Waals surface area contributed by atoms with Crippen LogP contribution in [0, 0.1) is 0 Å². The van der Waals surface area contributed by atoms with E-state index in [2.05, 4.69) is 29.4 Å². The molecule has 0 aliphatic heterocycles. The fourth-order valence-corrected chi connectivity index (χ4v) is 3.68. The summed E-state index contributed by atoms with van der Waals surface area (Å²) >= 11 is 0. The summed E-state index contributed by atoms with van der Waals surface area (Å²) in [5.74, 6) is 0. The van der Waals surface area contributed by atoms with E-state index in [1.807, 2.05) is 66.7 Å². The van der Waals surface area contributed by atoms with Crippen molar-refractivity contribution >= 4 is 5.65 Å². The Balaban J connectivity index is 1.76. The number of H-pyrrole nitrogens is 1. The molecule has 5 aromatic rings. The zero-order chi connectivity index (χ0) is 19.6. The molecule has 0 aliphatic rings. The number of aromatic nitrogens is 3. The van der Waals surface area contributed by atoms with Gasteiger partial charge in [0.25, 0.3) is 5.56 Å². The maximum Gasteiger partial charge on any atom is 0.273 e. The molecule has 0 saturated heterocycles. The summed E-state index contributed by atoms with van der Waals surface area (Å²) in [6.45, 7) is 0. The molecule has 0 radical (unpaired) electrons. The summed E-state index contributed by atoms with van der Waals surface area (Å²) in [5, 5.41) is 3.30. The molecule has 2 aromatic heterocycles. The molecule has 0 amide bonds. The minimum absolute atomic E-state index is 0.120. The number of aromatic amines is 1. The van der Waals surface area contributed by atoms with Crippen LogP contribution in [0.3, 0.4) is 0 Å². The first kappa shape index (κ1) is 17.2. The smallest absolute Gasteiger partial charge is 0.273 e. The quantitative estimate of drug-likeness (QED) is 0.482. The second-order valence-corrected chi connectivity index (χ2v) is 7.00. The fraction of sp³-hybridized carbons (Fsp3) is 0.0400. The van der Waals surface area contributed by atoms with Crippen LogP contribution in [0.4, 0.5) is 0 Å². The van der Waals surface area contributed by atoms with E-state index >= 15 is 0 Å². The molecule has 0 bridgehead atoms. The van der Waals surface area contributed by atoms with E-state index in [1.54, 1.807) is 10.6 Å². The molecule has 4 nitrogen and oxygen atoms in total. The van der Waals surface area contributed by atoms with Gasteiger partial charge in [-0.1, -0.05) is 91.0 Å². The third-order valence-electron chi connectivity index (χ3n) is 5.05. The Morgan fingerprint density at radius 3 is 2.00 bits per heavy atom. The van der Waals surface area contributed by atoms with Crippen molar-refractivity contribution in [2.24, 2.45) is 0 Å². The van der Waals surface area contributed by atoms with Crippen molar-refractivity contribution in [2.45, 2.75) is 6.42 Å². The normalized spacial score (nSPS) is 11.0. The molecule has 2 heterocycles. The number of hydrogen-bond acceptors (Lipinski definition) is 2. The maximum atomic E-state index is 12.9. The van der Waals surface area contributed by atoms with E-state index in [4.69, 9.17) is 4.98 Å². The lowest BCUT2D eigenvalue weighted by Gasteiger charge is -2.05. The van der Waals surface area contributed by atoms with Crippen LogP contribution in [0.5, 0.6) is 0 Å². The maximum absolute atomic E-state index is 12.9. The molecular formula is C25H19N3O. The largest absolute Gasteiger partial charge is 0.293 e. The van der Waals surface area contributed by atoms with Crippen molar-refractivity contribution in [3.63, 3.8) is 0 Å². The number of fused-ring (bicyclic) bond motifs is 1. The topological polar surface area (TPSA) is 50.2 Å². The zero-order valence-electron chi connectivity index (χ0n) is 15.7. The van der Waals surface area contributed by atoms with Crippen LogP contribution in [-0.4, -0.2) is 14.6 Å². The van der Waals surface area contributed by atoms with Crippen molar-refractivity contribution in [3.8, 4) is 22.4 Å². The Bertz CT molecular complexity index is 1320. The fourth-order valence-electron chi connectivity index (χ4n) is 3.68. The monoisotopic (exact) mass is 377 g/mol. The second-order valence-electron chi connectivity index (χ2n) is 7.00. The molecule has 0 fully saturated rings. The predicted molar refractivity (Wildman–Crippen MR) is 116 cm³/mol. The van der Waals surface area contributed by atoms with Crippen LogP contribution in [0.1, 0.15) is 11.3 Å². The van der Waals surface area contributed by atoms with E-state index in [0.29, 0.717) is 17.8 Å². The first-order valence-corrected chi connectivity index (χ1v) is 9.59. The lowest BCUT2D eigenvalue weighted by molar-refractivity contribution is 0.866. The van der Waals surface area contributed by atoms with Crippen molar-refractivity contribution < 1.29 is 0 Å².